The maximum atomic E-state index is 12.2. The maximum Gasteiger partial charge on any atom is 0.259 e. The minimum atomic E-state index is -0.241. The van der Waals surface area contributed by atoms with Crippen molar-refractivity contribution in [1.82, 2.24) is 9.97 Å². The molecule has 1 aromatic heterocycles. The minimum absolute atomic E-state index is 0.241. The topological polar surface area (TPSA) is 45.8 Å². The third-order valence-electron chi connectivity index (χ3n) is 2.53. The van der Waals surface area contributed by atoms with Gasteiger partial charge in [0.2, 0.25) is 0 Å². The van der Waals surface area contributed by atoms with E-state index in [1.54, 1.807) is 54.7 Å². The van der Waals surface area contributed by atoms with Gasteiger partial charge in [-0.15, -0.1) is 0 Å². The summed E-state index contributed by atoms with van der Waals surface area (Å²) >= 11 is 0. The molecule has 0 aliphatic rings. The molecule has 1 heterocycles. The number of H-pyrrole nitrogens is 1. The molecule has 3 heteroatoms. The Morgan fingerprint density at radius 3 is 2.29 bits per heavy atom. The fourth-order valence-corrected chi connectivity index (χ4v) is 1.67. The van der Waals surface area contributed by atoms with Crippen molar-refractivity contribution >= 4 is 17.7 Å². The zero-order valence-electron chi connectivity index (χ0n) is 11.9. The van der Waals surface area contributed by atoms with Gasteiger partial charge in [0.1, 0.15) is 5.82 Å². The Hall–Kier alpha value is -2.94. The largest absolute Gasteiger partial charge is 0.306 e. The molecule has 0 fully saturated rings. The summed E-state index contributed by atoms with van der Waals surface area (Å²) in [7, 11) is 0. The zero-order chi connectivity index (χ0) is 15.7. The first kappa shape index (κ1) is 16.1. The van der Waals surface area contributed by atoms with Gasteiger partial charge >= 0.3 is 0 Å². The lowest BCUT2D eigenvalue weighted by Gasteiger charge is -2.01. The number of hydrogen-bond donors (Lipinski definition) is 1. The highest BCUT2D eigenvalue weighted by molar-refractivity contribution is 5.71. The van der Waals surface area contributed by atoms with Crippen LogP contribution in [0.5, 0.6) is 0 Å². The standard InChI is InChI=1S/C18H18N2O/c1-5-9-13-14(10-6-2)17-19-16(12-8-4)15(11-7-3)18(21)20-17/h5-13H,1-4H2,(H,19,20,21)/b13-9-,14-10+,15-11+,16-12+. The Labute approximate surface area is 124 Å². The van der Waals surface area contributed by atoms with Crippen molar-refractivity contribution in [3.8, 4) is 0 Å². The van der Waals surface area contributed by atoms with Gasteiger partial charge in [-0.2, -0.15) is 0 Å². The molecule has 0 aromatic carbocycles. The van der Waals surface area contributed by atoms with Crippen LogP contribution < -0.4 is 16.1 Å². The van der Waals surface area contributed by atoms with E-state index < -0.39 is 0 Å². The van der Waals surface area contributed by atoms with Gasteiger partial charge in [-0.3, -0.25) is 4.79 Å². The highest BCUT2D eigenvalue weighted by Gasteiger charge is 2.02. The lowest BCUT2D eigenvalue weighted by atomic mass is 10.2. The van der Waals surface area contributed by atoms with Crippen LogP contribution in [0.25, 0.3) is 17.7 Å². The van der Waals surface area contributed by atoms with Crippen LogP contribution in [0.1, 0.15) is 5.82 Å². The van der Waals surface area contributed by atoms with Gasteiger partial charge in [-0.05, 0) is 12.2 Å². The Bertz CT molecular complexity index is 789. The number of allylic oxidation sites excluding steroid dienone is 8. The summed E-state index contributed by atoms with van der Waals surface area (Å²) in [6.45, 7) is 14.5. The number of nitrogens with zero attached hydrogens (tertiary/aromatic N) is 1. The van der Waals surface area contributed by atoms with E-state index in [-0.39, 0.29) is 5.56 Å². The highest BCUT2D eigenvalue weighted by Crippen LogP contribution is 2.08. The lowest BCUT2D eigenvalue weighted by Crippen LogP contribution is -2.43. The molecule has 0 aliphatic carbocycles. The Morgan fingerprint density at radius 2 is 1.71 bits per heavy atom. The highest BCUT2D eigenvalue weighted by atomic mass is 16.1. The van der Waals surface area contributed by atoms with Gasteiger partial charge in [-0.1, -0.05) is 68.8 Å². The summed E-state index contributed by atoms with van der Waals surface area (Å²) in [6.07, 6.45) is 15.0. The van der Waals surface area contributed by atoms with Crippen molar-refractivity contribution in [2.45, 2.75) is 0 Å². The van der Waals surface area contributed by atoms with Gasteiger partial charge in [-0.25, -0.2) is 4.98 Å². The predicted molar refractivity (Wildman–Crippen MR) is 90.9 cm³/mol. The first-order chi connectivity index (χ1) is 10.2. The van der Waals surface area contributed by atoms with Crippen LogP contribution in [0.4, 0.5) is 0 Å². The number of rotatable bonds is 6. The first-order valence-corrected chi connectivity index (χ1v) is 6.36. The molecule has 106 valence electrons. The van der Waals surface area contributed by atoms with Crippen molar-refractivity contribution in [3.63, 3.8) is 0 Å². The van der Waals surface area contributed by atoms with Crippen LogP contribution in [0.3, 0.4) is 0 Å². The quantitative estimate of drug-likeness (QED) is 0.809. The number of aromatic amines is 1. The van der Waals surface area contributed by atoms with Crippen LogP contribution in [0.2, 0.25) is 0 Å². The van der Waals surface area contributed by atoms with Gasteiger partial charge in [0.05, 0.1) is 10.6 Å². The minimum Gasteiger partial charge on any atom is -0.306 e. The molecule has 1 N–H and O–H groups in total. The third kappa shape index (κ3) is 4.28. The van der Waals surface area contributed by atoms with Crippen LogP contribution in [0, 0.1) is 0 Å². The second-order valence-corrected chi connectivity index (χ2v) is 3.97. The Morgan fingerprint density at radius 1 is 1.00 bits per heavy atom. The van der Waals surface area contributed by atoms with Crippen molar-refractivity contribution in [3.05, 3.63) is 95.6 Å². The van der Waals surface area contributed by atoms with Gasteiger partial charge < -0.3 is 4.98 Å². The summed E-state index contributed by atoms with van der Waals surface area (Å²) < 4.78 is 0. The van der Waals surface area contributed by atoms with E-state index >= 15 is 0 Å². The first-order valence-electron chi connectivity index (χ1n) is 6.36. The third-order valence-corrected chi connectivity index (χ3v) is 2.53. The molecule has 21 heavy (non-hydrogen) atoms. The second kappa shape index (κ2) is 8.27. The van der Waals surface area contributed by atoms with E-state index in [4.69, 9.17) is 0 Å². The maximum absolute atomic E-state index is 12.2. The molecule has 0 saturated heterocycles. The molecule has 0 aliphatic heterocycles. The lowest BCUT2D eigenvalue weighted by molar-refractivity contribution is 1.02. The van der Waals surface area contributed by atoms with Gasteiger partial charge in [0.15, 0.2) is 0 Å². The smallest absolute Gasteiger partial charge is 0.259 e. The summed E-state index contributed by atoms with van der Waals surface area (Å²) in [5.41, 5.74) is 0.487. The SMILES string of the molecule is C=C/C=C\C(=C/C=C)c1nc(=C/C=C)/c(=C\C=C)c(=O)[nH]1. The molecule has 0 radical (unpaired) electrons. The van der Waals surface area contributed by atoms with Gasteiger partial charge in [0, 0.05) is 5.57 Å². The summed E-state index contributed by atoms with van der Waals surface area (Å²) in [4.78, 5) is 19.4. The molecule has 1 rings (SSSR count). The normalized spacial score (nSPS) is 13.4. The zero-order valence-corrected chi connectivity index (χ0v) is 11.9. The van der Waals surface area contributed by atoms with Crippen LogP contribution >= 0.6 is 0 Å². The summed E-state index contributed by atoms with van der Waals surface area (Å²) in [5.74, 6) is 0.451. The average Bonchev–Trinajstić information content (AvgIpc) is 2.47. The fraction of sp³-hybridized carbons (Fsp3) is 0. The average molecular weight is 278 g/mol. The molecule has 1 aromatic rings. The number of nitrogens with one attached hydrogen (secondary N) is 1. The van der Waals surface area contributed by atoms with E-state index in [0.29, 0.717) is 16.4 Å². The predicted octanol–water partition coefficient (Wildman–Crippen LogP) is 2.01. The number of aromatic nitrogens is 2. The van der Waals surface area contributed by atoms with Crippen molar-refractivity contribution in [2.24, 2.45) is 0 Å². The molecule has 0 bridgehead atoms. The molecule has 0 unspecified atom stereocenters. The molecular formula is C18H18N2O. The molecular weight excluding hydrogens is 260 g/mol. The second-order valence-electron chi connectivity index (χ2n) is 3.97. The van der Waals surface area contributed by atoms with Crippen molar-refractivity contribution in [2.75, 3.05) is 0 Å². The van der Waals surface area contributed by atoms with E-state index in [1.807, 2.05) is 0 Å². The van der Waals surface area contributed by atoms with Gasteiger partial charge in [0.25, 0.3) is 5.56 Å². The summed E-state index contributed by atoms with van der Waals surface area (Å²) in [6, 6.07) is 0. The summed E-state index contributed by atoms with van der Waals surface area (Å²) in [5, 5.41) is 0.977. The Kier molecular flexibility index (Phi) is 6.35. The molecule has 0 atom stereocenters. The van der Waals surface area contributed by atoms with E-state index in [9.17, 15) is 4.79 Å². The number of hydrogen-bond acceptors (Lipinski definition) is 2. The van der Waals surface area contributed by atoms with E-state index in [1.165, 1.54) is 0 Å². The van der Waals surface area contributed by atoms with E-state index in [0.717, 1.165) is 5.57 Å². The van der Waals surface area contributed by atoms with Crippen LogP contribution in [-0.4, -0.2) is 9.97 Å². The van der Waals surface area contributed by atoms with Crippen molar-refractivity contribution < 1.29 is 0 Å². The monoisotopic (exact) mass is 278 g/mol. The molecule has 0 spiro atoms. The van der Waals surface area contributed by atoms with Crippen LogP contribution in [0.15, 0.2) is 73.6 Å². The Balaban J connectivity index is 3.72. The molecule has 0 amide bonds. The van der Waals surface area contributed by atoms with Crippen molar-refractivity contribution in [1.29, 1.82) is 0 Å². The molecule has 0 saturated carbocycles. The molecule has 3 nitrogen and oxygen atoms in total. The van der Waals surface area contributed by atoms with Crippen LogP contribution in [-0.2, 0) is 0 Å². The van der Waals surface area contributed by atoms with E-state index in [2.05, 4.69) is 36.3 Å². The fourth-order valence-electron chi connectivity index (χ4n) is 1.67.